The highest BCUT2D eigenvalue weighted by molar-refractivity contribution is 5.83. The number of nitrogens with one attached hydrogen (secondary N) is 1. The van der Waals surface area contributed by atoms with Gasteiger partial charge >= 0.3 is 5.69 Å². The van der Waals surface area contributed by atoms with Crippen LogP contribution in [-0.4, -0.2) is 9.85 Å². The van der Waals surface area contributed by atoms with Crippen molar-refractivity contribution in [2.24, 2.45) is 5.10 Å². The van der Waals surface area contributed by atoms with Crippen molar-refractivity contribution < 1.29 is 9.85 Å². The number of hydrogen-bond acceptors (Lipinski definition) is 8. The van der Waals surface area contributed by atoms with Crippen molar-refractivity contribution >= 4 is 27.8 Å². The molecule has 10 nitrogen and oxygen atoms in total. The molecular formula is C15H8N4O6. The summed E-state index contributed by atoms with van der Waals surface area (Å²) in [6.07, 6.45) is 0. The third-order valence-corrected chi connectivity index (χ3v) is 3.52. The smallest absolute Gasteiger partial charge is 0.287 e. The minimum absolute atomic E-state index is 0.181. The van der Waals surface area contributed by atoms with Gasteiger partial charge in [0.15, 0.2) is 5.36 Å². The van der Waals surface area contributed by atoms with E-state index in [0.717, 1.165) is 18.2 Å². The molecule has 3 aromatic carbocycles. The zero-order valence-corrected chi connectivity index (χ0v) is 12.3. The zero-order chi connectivity index (χ0) is 18.1. The lowest BCUT2D eigenvalue weighted by Gasteiger charge is -2.01. The third kappa shape index (κ3) is 2.72. The summed E-state index contributed by atoms with van der Waals surface area (Å²) >= 11 is 0. The number of anilines is 1. The van der Waals surface area contributed by atoms with Crippen molar-refractivity contribution in [3.63, 3.8) is 0 Å². The molecule has 25 heavy (non-hydrogen) atoms. The molecule has 3 rings (SSSR count). The van der Waals surface area contributed by atoms with E-state index in [1.165, 1.54) is 12.1 Å². The molecule has 0 unspecified atom stereocenters. The Morgan fingerprint density at radius 2 is 1.48 bits per heavy atom. The van der Waals surface area contributed by atoms with E-state index in [9.17, 15) is 29.8 Å². The van der Waals surface area contributed by atoms with Gasteiger partial charge in [0.1, 0.15) is 5.69 Å². The molecule has 0 atom stereocenters. The van der Waals surface area contributed by atoms with Crippen LogP contribution >= 0.6 is 0 Å². The molecule has 0 aliphatic carbocycles. The summed E-state index contributed by atoms with van der Waals surface area (Å²) in [5, 5.41) is 25.4. The lowest BCUT2D eigenvalue weighted by atomic mass is 10.2. The largest absolute Gasteiger partial charge is 0.301 e. The molecule has 0 amide bonds. The van der Waals surface area contributed by atoms with Crippen LogP contribution < -0.4 is 21.6 Å². The van der Waals surface area contributed by atoms with Crippen LogP contribution in [0.2, 0.25) is 0 Å². The highest BCUT2D eigenvalue weighted by atomic mass is 16.6. The van der Waals surface area contributed by atoms with Crippen LogP contribution in [0.25, 0.3) is 10.8 Å². The van der Waals surface area contributed by atoms with E-state index in [2.05, 4.69) is 10.5 Å². The minimum Gasteiger partial charge on any atom is -0.287 e. The Kier molecular flexibility index (Phi) is 3.77. The standard InChI is InChI=1S/C15H8N4O6/c20-14-9-3-1-2-4-10(9)15(21)13(14)17-16-11-6-5-8(18(22)23)7-12(11)19(24)25/h1-7,16H. The van der Waals surface area contributed by atoms with Crippen molar-refractivity contribution in [1.29, 1.82) is 0 Å². The number of fused-ring (bicyclic) bond motifs is 1. The topological polar surface area (TPSA) is 145 Å². The second-order valence-corrected chi connectivity index (χ2v) is 4.99. The number of nitro benzene ring substituents is 2. The maximum Gasteiger partial charge on any atom is 0.301 e. The van der Waals surface area contributed by atoms with Gasteiger partial charge in [-0.2, -0.15) is 5.10 Å². The van der Waals surface area contributed by atoms with Crippen LogP contribution in [0.15, 0.2) is 57.2 Å². The number of non-ortho nitro benzene ring substituents is 1. The molecule has 0 bridgehead atoms. The van der Waals surface area contributed by atoms with Crippen LogP contribution in [0, 0.1) is 20.2 Å². The highest BCUT2D eigenvalue weighted by Gasteiger charge is 2.19. The molecule has 0 aromatic heterocycles. The molecule has 0 heterocycles. The van der Waals surface area contributed by atoms with E-state index in [1.807, 2.05) is 0 Å². The Bertz CT molecular complexity index is 1130. The summed E-state index contributed by atoms with van der Waals surface area (Å²) in [5.74, 6) is 0. The lowest BCUT2D eigenvalue weighted by molar-refractivity contribution is -0.393. The molecule has 0 aliphatic heterocycles. The van der Waals surface area contributed by atoms with Gasteiger partial charge in [-0.3, -0.25) is 35.2 Å². The number of nitrogens with zero attached hydrogens (tertiary/aromatic N) is 3. The Morgan fingerprint density at radius 3 is 2.00 bits per heavy atom. The summed E-state index contributed by atoms with van der Waals surface area (Å²) in [6.45, 7) is 0. The first-order valence-corrected chi connectivity index (χ1v) is 6.85. The van der Waals surface area contributed by atoms with Crippen LogP contribution in [0.4, 0.5) is 17.1 Å². The SMILES string of the molecule is O=c1c(=NNc2ccc([N+](=O)[O-])cc2[N+](=O)[O-])c(=O)c2ccccc12. The molecular weight excluding hydrogens is 332 g/mol. The van der Waals surface area contributed by atoms with E-state index < -0.39 is 37.4 Å². The molecule has 124 valence electrons. The summed E-state index contributed by atoms with van der Waals surface area (Å²) in [7, 11) is 0. The average Bonchev–Trinajstić information content (AvgIpc) is 2.84. The van der Waals surface area contributed by atoms with Crippen LogP contribution in [0.5, 0.6) is 0 Å². The Labute approximate surface area is 137 Å². The van der Waals surface area contributed by atoms with Gasteiger partial charge in [0.2, 0.25) is 10.9 Å². The molecule has 0 spiro atoms. The van der Waals surface area contributed by atoms with Crippen LogP contribution in [0.1, 0.15) is 0 Å². The third-order valence-electron chi connectivity index (χ3n) is 3.52. The first-order valence-electron chi connectivity index (χ1n) is 6.85. The highest BCUT2D eigenvalue weighted by Crippen LogP contribution is 2.28. The predicted molar refractivity (Wildman–Crippen MR) is 87.8 cm³/mol. The van der Waals surface area contributed by atoms with Crippen molar-refractivity contribution in [3.8, 4) is 0 Å². The van der Waals surface area contributed by atoms with Gasteiger partial charge in [0.05, 0.1) is 15.9 Å². The van der Waals surface area contributed by atoms with E-state index in [-0.39, 0.29) is 16.5 Å². The number of benzene rings is 2. The maximum atomic E-state index is 12.2. The van der Waals surface area contributed by atoms with Crippen molar-refractivity contribution in [2.75, 3.05) is 5.43 Å². The summed E-state index contributed by atoms with van der Waals surface area (Å²) in [6, 6.07) is 9.04. The fraction of sp³-hybridized carbons (Fsp3) is 0. The molecule has 3 aromatic rings. The monoisotopic (exact) mass is 340 g/mol. The van der Waals surface area contributed by atoms with Crippen molar-refractivity contribution in [2.45, 2.75) is 0 Å². The van der Waals surface area contributed by atoms with Gasteiger partial charge < -0.3 is 0 Å². The molecule has 0 saturated heterocycles. The van der Waals surface area contributed by atoms with Crippen LogP contribution in [0.3, 0.4) is 0 Å². The zero-order valence-electron chi connectivity index (χ0n) is 12.3. The summed E-state index contributed by atoms with van der Waals surface area (Å²) in [4.78, 5) is 44.5. The van der Waals surface area contributed by atoms with Gasteiger partial charge in [-0.15, -0.1) is 0 Å². The van der Waals surface area contributed by atoms with E-state index >= 15 is 0 Å². The minimum atomic E-state index is -0.831. The lowest BCUT2D eigenvalue weighted by Crippen LogP contribution is -2.32. The summed E-state index contributed by atoms with van der Waals surface area (Å²) < 4.78 is 0. The fourth-order valence-electron chi connectivity index (χ4n) is 2.33. The van der Waals surface area contributed by atoms with E-state index in [1.54, 1.807) is 12.1 Å². The summed E-state index contributed by atoms with van der Waals surface area (Å²) in [5.41, 5.74) is -0.169. The molecule has 1 N–H and O–H groups in total. The number of hydrogen-bond donors (Lipinski definition) is 1. The average molecular weight is 340 g/mol. The molecule has 0 radical (unpaired) electrons. The second-order valence-electron chi connectivity index (χ2n) is 4.99. The Balaban J connectivity index is 2.12. The van der Waals surface area contributed by atoms with E-state index in [0.29, 0.717) is 0 Å². The Morgan fingerprint density at radius 1 is 0.880 bits per heavy atom. The van der Waals surface area contributed by atoms with Gasteiger partial charge in [-0.05, 0) is 6.07 Å². The fourth-order valence-corrected chi connectivity index (χ4v) is 2.33. The molecule has 0 fully saturated rings. The maximum absolute atomic E-state index is 12.2. The van der Waals surface area contributed by atoms with Gasteiger partial charge in [-0.25, -0.2) is 0 Å². The van der Waals surface area contributed by atoms with E-state index in [4.69, 9.17) is 0 Å². The number of rotatable bonds is 4. The first kappa shape index (κ1) is 15.9. The normalized spacial score (nSPS) is 10.6. The Hall–Kier alpha value is -3.95. The predicted octanol–water partition coefficient (Wildman–Crippen LogP) is 1.18. The first-order chi connectivity index (χ1) is 11.9. The van der Waals surface area contributed by atoms with Crippen molar-refractivity contribution in [1.82, 2.24) is 0 Å². The quantitative estimate of drug-likeness (QED) is 0.554. The molecule has 10 heteroatoms. The van der Waals surface area contributed by atoms with Crippen molar-refractivity contribution in [3.05, 3.63) is 88.5 Å². The molecule has 0 aliphatic rings. The molecule has 0 saturated carbocycles. The van der Waals surface area contributed by atoms with Gasteiger partial charge in [0.25, 0.3) is 5.69 Å². The second kappa shape index (κ2) is 5.92. The van der Waals surface area contributed by atoms with Gasteiger partial charge in [-0.1, -0.05) is 24.3 Å². The number of nitro groups is 2. The van der Waals surface area contributed by atoms with Crippen LogP contribution in [-0.2, 0) is 0 Å². The van der Waals surface area contributed by atoms with Gasteiger partial charge in [0, 0.05) is 16.8 Å².